The van der Waals surface area contributed by atoms with Crippen molar-refractivity contribution in [3.05, 3.63) is 100 Å². The lowest BCUT2D eigenvalue weighted by Gasteiger charge is -2.32. The first-order chi connectivity index (χ1) is 17.1. The van der Waals surface area contributed by atoms with Crippen LogP contribution >= 0.6 is 0 Å². The molecule has 1 unspecified atom stereocenters. The molecule has 35 heavy (non-hydrogen) atoms. The summed E-state index contributed by atoms with van der Waals surface area (Å²) in [6.07, 6.45) is 3.33. The van der Waals surface area contributed by atoms with Crippen molar-refractivity contribution >= 4 is 22.8 Å². The quantitative estimate of drug-likeness (QED) is 0.468. The summed E-state index contributed by atoms with van der Waals surface area (Å²) >= 11 is 0. The number of benzene rings is 2. The third kappa shape index (κ3) is 5.09. The van der Waals surface area contributed by atoms with Gasteiger partial charge in [-0.05, 0) is 49.6 Å². The van der Waals surface area contributed by atoms with Gasteiger partial charge in [0, 0.05) is 19.3 Å². The van der Waals surface area contributed by atoms with Crippen LogP contribution in [0.2, 0.25) is 0 Å². The summed E-state index contributed by atoms with van der Waals surface area (Å²) < 4.78 is 1.80. The summed E-state index contributed by atoms with van der Waals surface area (Å²) in [4.78, 5) is 37.6. The fourth-order valence-electron chi connectivity index (χ4n) is 4.63. The molecule has 1 aliphatic heterocycles. The highest BCUT2D eigenvalue weighted by Gasteiger charge is 2.28. The highest BCUT2D eigenvalue weighted by Crippen LogP contribution is 2.22. The first-order valence-electron chi connectivity index (χ1n) is 12.1. The van der Waals surface area contributed by atoms with E-state index in [1.807, 2.05) is 47.4 Å². The second kappa shape index (κ2) is 10.1. The van der Waals surface area contributed by atoms with Crippen LogP contribution in [0.4, 0.5) is 5.82 Å². The van der Waals surface area contributed by atoms with Crippen LogP contribution in [-0.2, 0) is 17.9 Å². The number of carbonyl (C=O) groups is 1. The lowest BCUT2D eigenvalue weighted by Crippen LogP contribution is -2.45. The van der Waals surface area contributed by atoms with Crippen LogP contribution < -0.4 is 15.8 Å². The molecule has 0 bridgehead atoms. The number of nitrogens with one attached hydrogen (secondary N) is 1. The number of aromatic nitrogens is 3. The zero-order valence-corrected chi connectivity index (χ0v) is 19.9. The number of nitrogens with zero attached hydrogens (tertiary/aromatic N) is 4. The molecule has 1 fully saturated rings. The Balaban J connectivity index is 1.40. The number of carbonyl (C=O) groups excluding carboxylic acids is 1. The molecule has 1 aliphatic rings. The maximum Gasteiger partial charge on any atom is 0.294 e. The standard InChI is InChI=1S/C28H29N5O2/c1-20-11-13-21(14-12-20)18-33-25-10-3-2-9-24(25)31-26(28(33)35)32-16-6-7-22(19-32)27(34)30-17-23-8-4-5-15-29-23/h2-5,8-15,22H,6-7,16-19H2,1H3,(H,30,34). The highest BCUT2D eigenvalue weighted by molar-refractivity contribution is 5.80. The molecule has 178 valence electrons. The van der Waals surface area contributed by atoms with Crippen molar-refractivity contribution in [3.8, 4) is 0 Å². The molecular formula is C28H29N5O2. The topological polar surface area (TPSA) is 80.1 Å². The van der Waals surface area contributed by atoms with Crippen LogP contribution in [0.1, 0.15) is 29.7 Å². The van der Waals surface area contributed by atoms with Crippen molar-refractivity contribution in [2.75, 3.05) is 18.0 Å². The average Bonchev–Trinajstić information content (AvgIpc) is 2.90. The van der Waals surface area contributed by atoms with E-state index in [1.54, 1.807) is 10.8 Å². The van der Waals surface area contributed by atoms with Gasteiger partial charge in [0.05, 0.1) is 35.7 Å². The molecule has 0 spiro atoms. The van der Waals surface area contributed by atoms with Crippen LogP contribution in [0, 0.1) is 12.8 Å². The largest absolute Gasteiger partial charge is 0.351 e. The third-order valence-corrected chi connectivity index (χ3v) is 6.56. The number of pyridine rings is 1. The molecule has 4 aromatic rings. The van der Waals surface area contributed by atoms with Gasteiger partial charge in [-0.1, -0.05) is 48.0 Å². The monoisotopic (exact) mass is 467 g/mol. The van der Waals surface area contributed by atoms with Gasteiger partial charge in [-0.15, -0.1) is 0 Å². The minimum Gasteiger partial charge on any atom is -0.351 e. The summed E-state index contributed by atoms with van der Waals surface area (Å²) in [5.41, 5.74) is 4.52. The number of anilines is 1. The number of hydrogen-bond acceptors (Lipinski definition) is 5. The van der Waals surface area contributed by atoms with E-state index in [-0.39, 0.29) is 17.4 Å². The summed E-state index contributed by atoms with van der Waals surface area (Å²) in [6, 6.07) is 21.6. The number of amides is 1. The van der Waals surface area contributed by atoms with E-state index >= 15 is 0 Å². The third-order valence-electron chi connectivity index (χ3n) is 6.56. The van der Waals surface area contributed by atoms with Crippen molar-refractivity contribution < 1.29 is 4.79 Å². The molecule has 7 nitrogen and oxygen atoms in total. The highest BCUT2D eigenvalue weighted by atomic mass is 16.2. The van der Waals surface area contributed by atoms with E-state index in [4.69, 9.17) is 4.98 Å². The van der Waals surface area contributed by atoms with Gasteiger partial charge in [0.2, 0.25) is 5.91 Å². The van der Waals surface area contributed by atoms with Crippen molar-refractivity contribution in [2.45, 2.75) is 32.9 Å². The van der Waals surface area contributed by atoms with Gasteiger partial charge in [-0.2, -0.15) is 0 Å². The number of hydrogen-bond donors (Lipinski definition) is 1. The number of rotatable bonds is 6. The molecule has 1 amide bonds. The van der Waals surface area contributed by atoms with Gasteiger partial charge >= 0.3 is 0 Å². The minimum atomic E-state index is -0.203. The zero-order valence-electron chi connectivity index (χ0n) is 19.9. The Labute approximate surface area is 204 Å². The molecule has 0 saturated carbocycles. The van der Waals surface area contributed by atoms with Crippen LogP contribution in [0.15, 0.2) is 77.7 Å². The van der Waals surface area contributed by atoms with Crippen LogP contribution in [-0.4, -0.2) is 33.5 Å². The Morgan fingerprint density at radius 1 is 1.06 bits per heavy atom. The molecule has 0 aliphatic carbocycles. The zero-order chi connectivity index (χ0) is 24.2. The second-order valence-electron chi connectivity index (χ2n) is 9.13. The van der Waals surface area contributed by atoms with Crippen molar-refractivity contribution in [1.82, 2.24) is 19.9 Å². The minimum absolute atomic E-state index is 0.0128. The normalized spacial score (nSPS) is 15.8. The number of fused-ring (bicyclic) bond motifs is 1. The van der Waals surface area contributed by atoms with E-state index in [9.17, 15) is 9.59 Å². The van der Waals surface area contributed by atoms with Gasteiger partial charge in [0.25, 0.3) is 5.56 Å². The van der Waals surface area contributed by atoms with Crippen molar-refractivity contribution in [1.29, 1.82) is 0 Å². The van der Waals surface area contributed by atoms with E-state index in [2.05, 4.69) is 41.5 Å². The maximum absolute atomic E-state index is 13.7. The summed E-state index contributed by atoms with van der Waals surface area (Å²) in [7, 11) is 0. The van der Waals surface area contributed by atoms with Crippen molar-refractivity contribution in [2.24, 2.45) is 5.92 Å². The lowest BCUT2D eigenvalue weighted by molar-refractivity contribution is -0.125. The Bertz CT molecular complexity index is 1380. The molecule has 7 heteroatoms. The Hall–Kier alpha value is -4.00. The SMILES string of the molecule is Cc1ccc(Cn2c(=O)c(N3CCCC(C(=O)NCc4ccccn4)C3)nc3ccccc32)cc1. The first-order valence-corrected chi connectivity index (χ1v) is 12.1. The number of para-hydroxylation sites is 2. The molecule has 2 aromatic carbocycles. The van der Waals surface area contributed by atoms with Crippen molar-refractivity contribution in [3.63, 3.8) is 0 Å². The fourth-order valence-corrected chi connectivity index (χ4v) is 4.63. The Morgan fingerprint density at radius 2 is 1.86 bits per heavy atom. The Morgan fingerprint density at radius 3 is 2.66 bits per heavy atom. The molecule has 1 saturated heterocycles. The predicted molar refractivity (Wildman–Crippen MR) is 137 cm³/mol. The first kappa shape index (κ1) is 22.8. The molecule has 1 N–H and O–H groups in total. The fraction of sp³-hybridized carbons (Fsp3) is 0.286. The molecule has 3 heterocycles. The number of aryl methyl sites for hydroxylation is 1. The summed E-state index contributed by atoms with van der Waals surface area (Å²) in [6.45, 7) is 4.09. The van der Waals surface area contributed by atoms with E-state index in [0.29, 0.717) is 32.0 Å². The molecule has 2 aromatic heterocycles. The lowest BCUT2D eigenvalue weighted by atomic mass is 9.97. The summed E-state index contributed by atoms with van der Waals surface area (Å²) in [5, 5.41) is 3.00. The second-order valence-corrected chi connectivity index (χ2v) is 9.13. The van der Waals surface area contributed by atoms with Crippen LogP contribution in [0.3, 0.4) is 0 Å². The summed E-state index contributed by atoms with van der Waals surface area (Å²) in [5.74, 6) is 0.199. The van der Waals surface area contributed by atoms with Gasteiger partial charge in [0.15, 0.2) is 5.82 Å². The van der Waals surface area contributed by atoms with Crippen LogP contribution in [0.25, 0.3) is 11.0 Å². The molecule has 5 rings (SSSR count). The average molecular weight is 468 g/mol. The van der Waals surface area contributed by atoms with E-state index < -0.39 is 0 Å². The van der Waals surface area contributed by atoms with E-state index in [0.717, 1.165) is 35.1 Å². The molecule has 0 radical (unpaired) electrons. The molecule has 1 atom stereocenters. The number of piperidine rings is 1. The Kier molecular flexibility index (Phi) is 6.57. The van der Waals surface area contributed by atoms with Gasteiger partial charge in [0.1, 0.15) is 0 Å². The predicted octanol–water partition coefficient (Wildman–Crippen LogP) is 3.68. The van der Waals surface area contributed by atoms with Gasteiger partial charge in [-0.25, -0.2) is 4.98 Å². The van der Waals surface area contributed by atoms with Crippen LogP contribution in [0.5, 0.6) is 0 Å². The maximum atomic E-state index is 13.7. The van der Waals surface area contributed by atoms with Gasteiger partial charge < -0.3 is 10.2 Å². The van der Waals surface area contributed by atoms with E-state index in [1.165, 1.54) is 5.56 Å². The molecular weight excluding hydrogens is 438 g/mol. The smallest absolute Gasteiger partial charge is 0.294 e. The van der Waals surface area contributed by atoms with Gasteiger partial charge in [-0.3, -0.25) is 19.1 Å².